The van der Waals surface area contributed by atoms with Crippen molar-refractivity contribution in [2.75, 3.05) is 13.1 Å². The van der Waals surface area contributed by atoms with E-state index in [1.54, 1.807) is 16.2 Å². The molecule has 0 unspecified atom stereocenters. The van der Waals surface area contributed by atoms with E-state index in [2.05, 4.69) is 17.1 Å². The zero-order valence-corrected chi connectivity index (χ0v) is 13.5. The van der Waals surface area contributed by atoms with Crippen LogP contribution in [0.1, 0.15) is 29.6 Å². The van der Waals surface area contributed by atoms with Crippen LogP contribution in [-0.2, 0) is 17.6 Å². The average Bonchev–Trinajstić information content (AvgIpc) is 2.95. The molecule has 0 saturated heterocycles. The average molecular weight is 313 g/mol. The summed E-state index contributed by atoms with van der Waals surface area (Å²) < 4.78 is 0. The van der Waals surface area contributed by atoms with Crippen molar-refractivity contribution in [3.8, 4) is 6.07 Å². The monoisotopic (exact) mass is 313 g/mol. The Labute approximate surface area is 135 Å². The molecular formula is C17H19N3OS. The first-order valence-corrected chi connectivity index (χ1v) is 8.22. The Morgan fingerprint density at radius 1 is 1.36 bits per heavy atom. The van der Waals surface area contributed by atoms with Gasteiger partial charge in [0.1, 0.15) is 6.54 Å². The van der Waals surface area contributed by atoms with Gasteiger partial charge in [0.25, 0.3) is 0 Å². The minimum Gasteiger partial charge on any atom is -0.329 e. The number of carbonyl (C=O) groups is 1. The Balaban J connectivity index is 1.96. The Morgan fingerprint density at radius 3 is 2.82 bits per heavy atom. The minimum absolute atomic E-state index is 0.0278. The van der Waals surface area contributed by atoms with E-state index in [9.17, 15) is 4.79 Å². The molecular weight excluding hydrogens is 294 g/mol. The predicted octanol–water partition coefficient (Wildman–Crippen LogP) is 3.04. The Hall–Kier alpha value is -2.19. The predicted molar refractivity (Wildman–Crippen MR) is 87.6 cm³/mol. The molecule has 0 spiro atoms. The molecule has 1 aromatic carbocycles. The number of hydrogen-bond donors (Lipinski definition) is 0. The highest BCUT2D eigenvalue weighted by molar-refractivity contribution is 7.09. The van der Waals surface area contributed by atoms with Crippen molar-refractivity contribution in [3.63, 3.8) is 0 Å². The van der Waals surface area contributed by atoms with E-state index in [-0.39, 0.29) is 18.9 Å². The molecule has 0 N–H and O–H groups in total. The molecule has 4 nitrogen and oxygen atoms in total. The van der Waals surface area contributed by atoms with Crippen LogP contribution in [0.2, 0.25) is 0 Å². The van der Waals surface area contributed by atoms with Crippen LogP contribution in [0.3, 0.4) is 0 Å². The molecule has 0 saturated carbocycles. The van der Waals surface area contributed by atoms with E-state index < -0.39 is 0 Å². The summed E-state index contributed by atoms with van der Waals surface area (Å²) in [6, 6.07) is 12.2. The Bertz CT molecular complexity index is 645. The molecule has 5 heteroatoms. The highest BCUT2D eigenvalue weighted by Gasteiger charge is 2.14. The minimum atomic E-state index is -0.0278. The number of rotatable bonds is 7. The quantitative estimate of drug-likeness (QED) is 0.738. The van der Waals surface area contributed by atoms with E-state index in [4.69, 9.17) is 5.26 Å². The van der Waals surface area contributed by atoms with Crippen LogP contribution < -0.4 is 0 Å². The van der Waals surface area contributed by atoms with Crippen LogP contribution in [0, 0.1) is 11.3 Å². The lowest BCUT2D eigenvalue weighted by atomic mass is 10.2. The summed E-state index contributed by atoms with van der Waals surface area (Å²) in [4.78, 5) is 18.3. The smallest absolute Gasteiger partial charge is 0.229 e. The fourth-order valence-corrected chi connectivity index (χ4v) is 3.02. The first-order valence-electron chi connectivity index (χ1n) is 7.35. The second-order valence-corrected chi connectivity index (χ2v) is 5.99. The van der Waals surface area contributed by atoms with Gasteiger partial charge in [0.15, 0.2) is 0 Å². The van der Waals surface area contributed by atoms with Crippen LogP contribution in [0.15, 0.2) is 35.7 Å². The summed E-state index contributed by atoms with van der Waals surface area (Å²) in [7, 11) is 0. The second-order valence-electron chi connectivity index (χ2n) is 5.05. The number of hydrogen-bond acceptors (Lipinski definition) is 4. The van der Waals surface area contributed by atoms with E-state index in [0.29, 0.717) is 6.54 Å². The molecule has 0 atom stereocenters. The number of aromatic nitrogens is 1. The molecule has 2 aromatic rings. The first kappa shape index (κ1) is 16.2. The zero-order valence-electron chi connectivity index (χ0n) is 12.7. The van der Waals surface area contributed by atoms with Crippen LogP contribution in [-0.4, -0.2) is 28.9 Å². The van der Waals surface area contributed by atoms with E-state index in [0.717, 1.165) is 23.5 Å². The zero-order chi connectivity index (χ0) is 15.8. The second kappa shape index (κ2) is 8.30. The molecule has 114 valence electrons. The Kier molecular flexibility index (Phi) is 6.11. The normalized spacial score (nSPS) is 10.2. The molecule has 1 amide bonds. The number of nitrogens with zero attached hydrogens (tertiary/aromatic N) is 3. The van der Waals surface area contributed by atoms with Crippen molar-refractivity contribution in [2.45, 2.75) is 26.2 Å². The van der Waals surface area contributed by atoms with Crippen molar-refractivity contribution in [1.82, 2.24) is 9.88 Å². The summed E-state index contributed by atoms with van der Waals surface area (Å²) in [5, 5.41) is 11.7. The van der Waals surface area contributed by atoms with Gasteiger partial charge < -0.3 is 4.90 Å². The molecule has 0 aliphatic heterocycles. The lowest BCUT2D eigenvalue weighted by molar-refractivity contribution is -0.129. The third-order valence-corrected chi connectivity index (χ3v) is 4.14. The fraction of sp³-hybridized carbons (Fsp3) is 0.353. The van der Waals surface area contributed by atoms with Crippen LogP contribution in [0.25, 0.3) is 0 Å². The maximum atomic E-state index is 12.2. The number of thiazole rings is 1. The summed E-state index contributed by atoms with van der Waals surface area (Å²) in [5.41, 5.74) is 2.01. The lowest BCUT2D eigenvalue weighted by Crippen LogP contribution is -2.33. The van der Waals surface area contributed by atoms with Gasteiger partial charge >= 0.3 is 0 Å². The number of carbonyl (C=O) groups excluding carboxylic acids is 1. The maximum Gasteiger partial charge on any atom is 0.229 e. The third-order valence-electron chi connectivity index (χ3n) is 3.24. The van der Waals surface area contributed by atoms with Gasteiger partial charge in [-0.3, -0.25) is 4.79 Å². The van der Waals surface area contributed by atoms with Crippen molar-refractivity contribution < 1.29 is 4.79 Å². The van der Waals surface area contributed by atoms with Gasteiger partial charge in [-0.25, -0.2) is 4.98 Å². The van der Waals surface area contributed by atoms with E-state index >= 15 is 0 Å². The maximum absolute atomic E-state index is 12.2. The summed E-state index contributed by atoms with van der Waals surface area (Å²) in [6.07, 6.45) is 1.91. The van der Waals surface area contributed by atoms with E-state index in [1.807, 2.05) is 36.6 Å². The highest BCUT2D eigenvalue weighted by Crippen LogP contribution is 2.15. The first-order chi connectivity index (χ1) is 10.7. The van der Waals surface area contributed by atoms with Crippen molar-refractivity contribution in [2.24, 2.45) is 0 Å². The molecule has 0 aliphatic rings. The molecule has 1 heterocycles. The highest BCUT2D eigenvalue weighted by atomic mass is 32.1. The van der Waals surface area contributed by atoms with Crippen LogP contribution in [0.5, 0.6) is 0 Å². The molecule has 0 aliphatic carbocycles. The summed E-state index contributed by atoms with van der Waals surface area (Å²) in [6.45, 7) is 2.76. The van der Waals surface area contributed by atoms with Crippen molar-refractivity contribution in [3.05, 3.63) is 52.0 Å². The molecule has 0 fully saturated rings. The van der Waals surface area contributed by atoms with Gasteiger partial charge in [-0.2, -0.15) is 5.26 Å². The molecule has 0 bridgehead atoms. The molecule has 22 heavy (non-hydrogen) atoms. The number of benzene rings is 1. The lowest BCUT2D eigenvalue weighted by Gasteiger charge is -2.17. The van der Waals surface area contributed by atoms with Crippen LogP contribution >= 0.6 is 11.3 Å². The van der Waals surface area contributed by atoms with Gasteiger partial charge in [0, 0.05) is 18.3 Å². The van der Waals surface area contributed by atoms with Gasteiger partial charge in [0.2, 0.25) is 5.91 Å². The van der Waals surface area contributed by atoms with Crippen LogP contribution in [0.4, 0.5) is 0 Å². The standard InChI is InChI=1S/C17H19N3OS/c1-2-9-20(10-8-18)17(21)12-15-13-22-16(19-15)11-14-6-4-3-5-7-14/h3-7,13H,2,9-12H2,1H3. The van der Waals surface area contributed by atoms with Gasteiger partial charge in [-0.05, 0) is 12.0 Å². The van der Waals surface area contributed by atoms with Gasteiger partial charge in [0.05, 0.1) is 23.2 Å². The van der Waals surface area contributed by atoms with Crippen molar-refractivity contribution >= 4 is 17.2 Å². The number of nitriles is 1. The third kappa shape index (κ3) is 4.68. The number of amides is 1. The molecule has 2 rings (SSSR count). The fourth-order valence-electron chi connectivity index (χ4n) is 2.20. The Morgan fingerprint density at radius 2 is 2.14 bits per heavy atom. The van der Waals surface area contributed by atoms with Gasteiger partial charge in [-0.1, -0.05) is 37.3 Å². The topological polar surface area (TPSA) is 57.0 Å². The SMILES string of the molecule is CCCN(CC#N)C(=O)Cc1csc(Cc2ccccc2)n1. The summed E-state index contributed by atoms with van der Waals surface area (Å²) in [5.74, 6) is -0.0278. The largest absolute Gasteiger partial charge is 0.329 e. The molecule has 0 radical (unpaired) electrons. The summed E-state index contributed by atoms with van der Waals surface area (Å²) >= 11 is 1.58. The van der Waals surface area contributed by atoms with Crippen molar-refractivity contribution in [1.29, 1.82) is 5.26 Å². The van der Waals surface area contributed by atoms with Gasteiger partial charge in [-0.15, -0.1) is 11.3 Å². The van der Waals surface area contributed by atoms with E-state index in [1.165, 1.54) is 5.56 Å². The molecule has 1 aromatic heterocycles.